The molecular weight excluding hydrogens is 284 g/mol. The maximum absolute atomic E-state index is 11.3. The van der Waals surface area contributed by atoms with Crippen LogP contribution in [0.1, 0.15) is 12.6 Å². The van der Waals surface area contributed by atoms with E-state index < -0.39 is 5.91 Å². The number of anilines is 1. The number of imidazole rings is 1. The van der Waals surface area contributed by atoms with Crippen LogP contribution in [0.2, 0.25) is 0 Å². The van der Waals surface area contributed by atoms with Gasteiger partial charge in [0.2, 0.25) is 0 Å². The molecule has 0 unspecified atom stereocenters. The Kier molecular flexibility index (Phi) is 3.56. The van der Waals surface area contributed by atoms with Gasteiger partial charge in [-0.3, -0.25) is 14.4 Å². The van der Waals surface area contributed by atoms with Crippen molar-refractivity contribution in [2.75, 3.05) is 11.9 Å². The topological polar surface area (TPSA) is 98.9 Å². The van der Waals surface area contributed by atoms with Gasteiger partial charge in [0.1, 0.15) is 17.2 Å². The lowest BCUT2D eigenvalue weighted by Crippen LogP contribution is -2.27. The Balaban J connectivity index is 2.25. The number of aromatic nitrogens is 2. The molecule has 0 aliphatic heterocycles. The van der Waals surface area contributed by atoms with Crippen molar-refractivity contribution in [3.63, 3.8) is 0 Å². The Morgan fingerprint density at radius 3 is 2.86 bits per heavy atom. The molecule has 114 valence electrons. The number of hydroxylamine groups is 1. The van der Waals surface area contributed by atoms with Gasteiger partial charge < -0.3 is 10.4 Å². The summed E-state index contributed by atoms with van der Waals surface area (Å²) in [6.07, 6.45) is 0.667. The van der Waals surface area contributed by atoms with E-state index in [-0.39, 0.29) is 12.3 Å². The van der Waals surface area contributed by atoms with Gasteiger partial charge in [0.05, 0.1) is 17.8 Å². The number of hydrogen-bond donors (Lipinski definition) is 4. The molecule has 1 aromatic carbocycles. The quantitative estimate of drug-likeness (QED) is 0.434. The minimum absolute atomic E-state index is 0.0960. The third-order valence-corrected chi connectivity index (χ3v) is 3.53. The lowest BCUT2D eigenvalue weighted by atomic mass is 10.2. The summed E-state index contributed by atoms with van der Waals surface area (Å²) in [7, 11) is 0. The third-order valence-electron chi connectivity index (χ3n) is 3.53. The van der Waals surface area contributed by atoms with Crippen LogP contribution in [-0.4, -0.2) is 32.2 Å². The van der Waals surface area contributed by atoms with E-state index in [1.54, 1.807) is 22.0 Å². The van der Waals surface area contributed by atoms with Crippen molar-refractivity contribution < 1.29 is 15.1 Å². The second-order valence-corrected chi connectivity index (χ2v) is 4.89. The molecule has 2 heterocycles. The van der Waals surface area contributed by atoms with Crippen LogP contribution in [0.5, 0.6) is 5.75 Å². The predicted molar refractivity (Wildman–Crippen MR) is 82.2 cm³/mol. The maximum atomic E-state index is 11.3. The molecule has 4 N–H and O–H groups in total. The molecule has 7 heteroatoms. The molecule has 0 fully saturated rings. The van der Waals surface area contributed by atoms with Gasteiger partial charge in [-0.1, -0.05) is 19.1 Å². The zero-order valence-electron chi connectivity index (χ0n) is 12.0. The van der Waals surface area contributed by atoms with Gasteiger partial charge >= 0.3 is 0 Å². The fraction of sp³-hybridized carbons (Fsp3) is 0.200. The van der Waals surface area contributed by atoms with E-state index in [0.29, 0.717) is 23.4 Å². The van der Waals surface area contributed by atoms with Crippen molar-refractivity contribution in [2.24, 2.45) is 0 Å². The number of rotatable bonds is 4. The average molecular weight is 300 g/mol. The molecule has 0 spiro atoms. The first kappa shape index (κ1) is 14.2. The second kappa shape index (κ2) is 5.53. The molecular formula is C15H16N4O3. The standard InChI is InChI=1S/C15H16N4O3/c1-2-10-15(16-8-13(21)18-22)19-12(17-10)7-6-9-4-3-5-11(20)14(9)19/h3-7,16,20,22H,2,8H2,1H3,(H,18,21). The van der Waals surface area contributed by atoms with E-state index in [9.17, 15) is 9.90 Å². The van der Waals surface area contributed by atoms with E-state index in [4.69, 9.17) is 5.21 Å². The zero-order chi connectivity index (χ0) is 15.7. The molecule has 0 saturated carbocycles. The number of phenols is 1. The van der Waals surface area contributed by atoms with Crippen LogP contribution in [0.25, 0.3) is 16.6 Å². The number of carbonyl (C=O) groups excluding carboxylic acids is 1. The van der Waals surface area contributed by atoms with Crippen LogP contribution in [0.3, 0.4) is 0 Å². The van der Waals surface area contributed by atoms with Gasteiger partial charge in [-0.2, -0.15) is 0 Å². The Bertz CT molecular complexity index is 857. The second-order valence-electron chi connectivity index (χ2n) is 4.89. The predicted octanol–water partition coefficient (Wildman–Crippen LogP) is 1.67. The number of amides is 1. The number of para-hydroxylation sites is 1. The Hall–Kier alpha value is -2.80. The summed E-state index contributed by atoms with van der Waals surface area (Å²) in [5, 5.41) is 22.7. The van der Waals surface area contributed by atoms with Gasteiger partial charge in [-0.25, -0.2) is 10.5 Å². The normalized spacial score (nSPS) is 11.0. The molecule has 0 atom stereocenters. The number of aryl methyl sites for hydroxylation is 1. The highest BCUT2D eigenvalue weighted by Gasteiger charge is 2.15. The van der Waals surface area contributed by atoms with E-state index in [0.717, 1.165) is 11.1 Å². The van der Waals surface area contributed by atoms with Crippen molar-refractivity contribution in [2.45, 2.75) is 13.3 Å². The van der Waals surface area contributed by atoms with Crippen LogP contribution in [0.4, 0.5) is 5.82 Å². The van der Waals surface area contributed by atoms with E-state index in [1.807, 2.05) is 25.1 Å². The minimum Gasteiger partial charge on any atom is -0.506 e. The number of phenolic OH excluding ortho intramolecular Hbond substituents is 1. The number of nitrogens with zero attached hydrogens (tertiary/aromatic N) is 2. The lowest BCUT2D eigenvalue weighted by Gasteiger charge is -2.10. The van der Waals surface area contributed by atoms with Gasteiger partial charge in [-0.05, 0) is 24.6 Å². The molecule has 7 nitrogen and oxygen atoms in total. The van der Waals surface area contributed by atoms with Gasteiger partial charge in [0, 0.05) is 5.39 Å². The summed E-state index contributed by atoms with van der Waals surface area (Å²) in [6, 6.07) is 9.02. The molecule has 0 aliphatic carbocycles. The smallest absolute Gasteiger partial charge is 0.262 e. The van der Waals surface area contributed by atoms with Crippen molar-refractivity contribution in [1.82, 2.24) is 14.9 Å². The van der Waals surface area contributed by atoms with Crippen molar-refractivity contribution in [3.8, 4) is 5.75 Å². The van der Waals surface area contributed by atoms with E-state index in [2.05, 4.69) is 10.3 Å². The minimum atomic E-state index is -0.554. The van der Waals surface area contributed by atoms with Gasteiger partial charge in [0.15, 0.2) is 0 Å². The molecule has 0 bridgehead atoms. The van der Waals surface area contributed by atoms with Crippen LogP contribution in [-0.2, 0) is 11.2 Å². The Morgan fingerprint density at radius 1 is 1.32 bits per heavy atom. The Labute approximate surface area is 126 Å². The zero-order valence-corrected chi connectivity index (χ0v) is 12.0. The highest BCUT2D eigenvalue weighted by Crippen LogP contribution is 2.30. The fourth-order valence-corrected chi connectivity index (χ4v) is 2.55. The molecule has 2 aromatic heterocycles. The van der Waals surface area contributed by atoms with Crippen molar-refractivity contribution >= 4 is 28.3 Å². The molecule has 3 aromatic rings. The van der Waals surface area contributed by atoms with Gasteiger partial charge in [-0.15, -0.1) is 0 Å². The summed E-state index contributed by atoms with van der Waals surface area (Å²) in [5.74, 6) is 0.215. The Morgan fingerprint density at radius 2 is 2.14 bits per heavy atom. The van der Waals surface area contributed by atoms with Crippen molar-refractivity contribution in [3.05, 3.63) is 36.0 Å². The lowest BCUT2D eigenvalue weighted by molar-refractivity contribution is -0.127. The number of hydrogen-bond acceptors (Lipinski definition) is 5. The molecule has 1 amide bonds. The number of fused-ring (bicyclic) bond motifs is 3. The number of carbonyl (C=O) groups is 1. The molecule has 0 radical (unpaired) electrons. The highest BCUT2D eigenvalue weighted by atomic mass is 16.5. The van der Waals surface area contributed by atoms with E-state index >= 15 is 0 Å². The average Bonchev–Trinajstić information content (AvgIpc) is 2.90. The molecule has 0 aliphatic rings. The first-order valence-electron chi connectivity index (χ1n) is 6.94. The first-order valence-corrected chi connectivity index (χ1v) is 6.94. The molecule has 3 rings (SSSR count). The number of aromatic hydroxyl groups is 1. The summed E-state index contributed by atoms with van der Waals surface area (Å²) < 4.78 is 1.79. The van der Waals surface area contributed by atoms with Crippen LogP contribution < -0.4 is 10.8 Å². The maximum Gasteiger partial charge on any atom is 0.262 e. The first-order chi connectivity index (χ1) is 10.7. The molecule has 22 heavy (non-hydrogen) atoms. The van der Waals surface area contributed by atoms with Crippen LogP contribution in [0.15, 0.2) is 30.3 Å². The summed E-state index contributed by atoms with van der Waals surface area (Å²) in [5.41, 5.74) is 3.66. The highest BCUT2D eigenvalue weighted by molar-refractivity contribution is 5.89. The van der Waals surface area contributed by atoms with Crippen LogP contribution >= 0.6 is 0 Å². The third kappa shape index (κ3) is 2.21. The fourth-order valence-electron chi connectivity index (χ4n) is 2.55. The van der Waals surface area contributed by atoms with E-state index in [1.165, 1.54) is 0 Å². The SMILES string of the molecule is CCc1nc2ccc3cccc(O)c3n2c1NCC(=O)NO. The van der Waals surface area contributed by atoms with Crippen molar-refractivity contribution in [1.29, 1.82) is 0 Å². The number of nitrogens with one attached hydrogen (secondary N) is 2. The summed E-state index contributed by atoms with van der Waals surface area (Å²) in [6.45, 7) is 1.86. The summed E-state index contributed by atoms with van der Waals surface area (Å²) in [4.78, 5) is 15.8. The largest absolute Gasteiger partial charge is 0.506 e. The number of benzene rings is 1. The monoisotopic (exact) mass is 300 g/mol. The summed E-state index contributed by atoms with van der Waals surface area (Å²) >= 11 is 0. The molecule has 0 saturated heterocycles. The number of pyridine rings is 1. The van der Waals surface area contributed by atoms with Gasteiger partial charge in [0.25, 0.3) is 5.91 Å². The van der Waals surface area contributed by atoms with Crippen LogP contribution in [0, 0.1) is 0 Å².